The van der Waals surface area contributed by atoms with Crippen molar-refractivity contribution in [3.63, 3.8) is 0 Å². The molecule has 3 rings (SSSR count). The number of aromatic nitrogens is 2. The van der Waals surface area contributed by atoms with Crippen molar-refractivity contribution in [3.8, 4) is 11.3 Å². The minimum atomic E-state index is -0.252. The molecule has 4 nitrogen and oxygen atoms in total. The van der Waals surface area contributed by atoms with Crippen molar-refractivity contribution in [1.29, 1.82) is 0 Å². The SMILES string of the molecule is Cc1ccc(-c2nc(C3CCCCC3)n(N)c2N)cc1F. The van der Waals surface area contributed by atoms with Gasteiger partial charge in [0.05, 0.1) is 0 Å². The van der Waals surface area contributed by atoms with E-state index in [1.54, 1.807) is 13.0 Å². The van der Waals surface area contributed by atoms with Crippen LogP contribution in [0.3, 0.4) is 0 Å². The summed E-state index contributed by atoms with van der Waals surface area (Å²) in [7, 11) is 0. The van der Waals surface area contributed by atoms with E-state index in [2.05, 4.69) is 4.98 Å². The molecule has 4 N–H and O–H groups in total. The van der Waals surface area contributed by atoms with E-state index in [4.69, 9.17) is 11.6 Å². The summed E-state index contributed by atoms with van der Waals surface area (Å²) in [5.74, 6) is 7.40. The lowest BCUT2D eigenvalue weighted by atomic mass is 9.89. The fourth-order valence-corrected chi connectivity index (χ4v) is 3.06. The number of nitrogens with two attached hydrogens (primary N) is 2. The van der Waals surface area contributed by atoms with Gasteiger partial charge in [-0.05, 0) is 31.4 Å². The Morgan fingerprint density at radius 2 is 1.95 bits per heavy atom. The van der Waals surface area contributed by atoms with Crippen LogP contribution in [0.15, 0.2) is 18.2 Å². The van der Waals surface area contributed by atoms with Crippen LogP contribution in [0, 0.1) is 12.7 Å². The topological polar surface area (TPSA) is 69.9 Å². The van der Waals surface area contributed by atoms with Gasteiger partial charge < -0.3 is 11.6 Å². The first-order chi connectivity index (χ1) is 10.1. The van der Waals surface area contributed by atoms with E-state index in [-0.39, 0.29) is 5.82 Å². The molecule has 0 saturated heterocycles. The standard InChI is InChI=1S/C16H21FN4/c1-10-7-8-12(9-13(10)17)14-15(18)21(19)16(20-14)11-5-3-2-4-6-11/h7-9,11H,2-6,18-19H2,1H3. The van der Waals surface area contributed by atoms with Crippen LogP contribution in [0.2, 0.25) is 0 Å². The average Bonchev–Trinajstić information content (AvgIpc) is 2.79. The predicted molar refractivity (Wildman–Crippen MR) is 82.7 cm³/mol. The Morgan fingerprint density at radius 3 is 2.62 bits per heavy atom. The van der Waals surface area contributed by atoms with Crippen molar-refractivity contribution < 1.29 is 4.39 Å². The van der Waals surface area contributed by atoms with Crippen LogP contribution in [-0.2, 0) is 0 Å². The molecule has 0 aliphatic heterocycles. The minimum Gasteiger partial charge on any atom is -0.382 e. The Labute approximate surface area is 123 Å². The molecule has 0 spiro atoms. The molecule has 21 heavy (non-hydrogen) atoms. The molecule has 112 valence electrons. The van der Waals surface area contributed by atoms with E-state index in [0.717, 1.165) is 18.7 Å². The molecule has 1 aromatic heterocycles. The van der Waals surface area contributed by atoms with Gasteiger partial charge >= 0.3 is 0 Å². The highest BCUT2D eigenvalue weighted by atomic mass is 19.1. The normalized spacial score (nSPS) is 16.3. The summed E-state index contributed by atoms with van der Waals surface area (Å²) in [6.45, 7) is 1.73. The van der Waals surface area contributed by atoms with Crippen molar-refractivity contribution in [2.24, 2.45) is 0 Å². The molecule has 5 heteroatoms. The second-order valence-corrected chi connectivity index (χ2v) is 5.87. The zero-order valence-electron chi connectivity index (χ0n) is 12.3. The van der Waals surface area contributed by atoms with Gasteiger partial charge in [0.1, 0.15) is 17.3 Å². The number of benzene rings is 1. The van der Waals surface area contributed by atoms with Gasteiger partial charge in [-0.2, -0.15) is 0 Å². The third-order valence-electron chi connectivity index (χ3n) is 4.39. The van der Waals surface area contributed by atoms with Gasteiger partial charge in [-0.3, -0.25) is 0 Å². The Hall–Kier alpha value is -2.04. The molecule has 2 aromatic rings. The van der Waals surface area contributed by atoms with Gasteiger partial charge in [-0.25, -0.2) is 14.1 Å². The Balaban J connectivity index is 2.01. The molecule has 1 aliphatic carbocycles. The summed E-state index contributed by atoms with van der Waals surface area (Å²) in [4.78, 5) is 4.62. The van der Waals surface area contributed by atoms with Crippen LogP contribution in [-0.4, -0.2) is 9.66 Å². The molecule has 1 saturated carbocycles. The number of nitrogen functional groups attached to an aromatic ring is 2. The Kier molecular flexibility index (Phi) is 3.57. The highest BCUT2D eigenvalue weighted by molar-refractivity contribution is 5.71. The first-order valence-electron chi connectivity index (χ1n) is 7.47. The summed E-state index contributed by atoms with van der Waals surface area (Å²) in [5.41, 5.74) is 7.95. The Morgan fingerprint density at radius 1 is 1.24 bits per heavy atom. The molecule has 0 radical (unpaired) electrons. The first-order valence-corrected chi connectivity index (χ1v) is 7.47. The van der Waals surface area contributed by atoms with Crippen LogP contribution in [0.1, 0.15) is 49.4 Å². The van der Waals surface area contributed by atoms with E-state index >= 15 is 0 Å². The average molecular weight is 288 g/mol. The molecule has 1 heterocycles. The third kappa shape index (κ3) is 2.48. The van der Waals surface area contributed by atoms with E-state index in [9.17, 15) is 4.39 Å². The van der Waals surface area contributed by atoms with Crippen LogP contribution in [0.5, 0.6) is 0 Å². The highest BCUT2D eigenvalue weighted by Crippen LogP contribution is 2.35. The lowest BCUT2D eigenvalue weighted by Crippen LogP contribution is -2.19. The number of halogens is 1. The fourth-order valence-electron chi connectivity index (χ4n) is 3.06. The largest absolute Gasteiger partial charge is 0.382 e. The van der Waals surface area contributed by atoms with Crippen molar-refractivity contribution in [2.75, 3.05) is 11.6 Å². The molecule has 0 bridgehead atoms. The second kappa shape index (κ2) is 5.39. The summed E-state index contributed by atoms with van der Waals surface area (Å²) in [6.07, 6.45) is 5.86. The molecule has 1 aromatic carbocycles. The third-order valence-corrected chi connectivity index (χ3v) is 4.39. The van der Waals surface area contributed by atoms with Crippen molar-refractivity contribution in [3.05, 3.63) is 35.4 Å². The molecule has 1 aliphatic rings. The van der Waals surface area contributed by atoms with Crippen molar-refractivity contribution in [1.82, 2.24) is 9.66 Å². The number of aryl methyl sites for hydroxylation is 1. The zero-order chi connectivity index (χ0) is 15.0. The van der Waals surface area contributed by atoms with Gasteiger partial charge in [0.25, 0.3) is 0 Å². The molecular weight excluding hydrogens is 267 g/mol. The van der Waals surface area contributed by atoms with Gasteiger partial charge in [-0.1, -0.05) is 31.4 Å². The maximum atomic E-state index is 13.8. The number of hydrogen-bond acceptors (Lipinski definition) is 3. The first kappa shape index (κ1) is 13.9. The zero-order valence-corrected chi connectivity index (χ0v) is 12.3. The smallest absolute Gasteiger partial charge is 0.150 e. The summed E-state index contributed by atoms with van der Waals surface area (Å²) >= 11 is 0. The van der Waals surface area contributed by atoms with Gasteiger partial charge in [0.2, 0.25) is 0 Å². The molecule has 1 fully saturated rings. The van der Waals surface area contributed by atoms with Gasteiger partial charge in [0, 0.05) is 11.5 Å². The predicted octanol–water partition coefficient (Wildman–Crippen LogP) is 3.34. The lowest BCUT2D eigenvalue weighted by molar-refractivity contribution is 0.424. The molecular formula is C16H21FN4. The van der Waals surface area contributed by atoms with E-state index in [1.807, 2.05) is 6.07 Å². The molecule has 0 atom stereocenters. The number of nitrogens with zero attached hydrogens (tertiary/aromatic N) is 2. The minimum absolute atomic E-state index is 0.252. The van der Waals surface area contributed by atoms with E-state index in [0.29, 0.717) is 28.6 Å². The van der Waals surface area contributed by atoms with Crippen LogP contribution >= 0.6 is 0 Å². The highest BCUT2D eigenvalue weighted by Gasteiger charge is 2.24. The summed E-state index contributed by atoms with van der Waals surface area (Å²) in [5, 5.41) is 0. The maximum Gasteiger partial charge on any atom is 0.150 e. The maximum absolute atomic E-state index is 13.8. The van der Waals surface area contributed by atoms with E-state index < -0.39 is 0 Å². The number of imidazole rings is 1. The fraction of sp³-hybridized carbons (Fsp3) is 0.438. The molecule has 0 unspecified atom stereocenters. The Bertz CT molecular complexity index is 657. The van der Waals surface area contributed by atoms with Crippen LogP contribution < -0.4 is 11.6 Å². The molecule has 0 amide bonds. The van der Waals surface area contributed by atoms with Crippen LogP contribution in [0.25, 0.3) is 11.3 Å². The summed E-state index contributed by atoms with van der Waals surface area (Å²) < 4.78 is 15.2. The van der Waals surface area contributed by atoms with Crippen molar-refractivity contribution in [2.45, 2.75) is 44.9 Å². The van der Waals surface area contributed by atoms with Gasteiger partial charge in [-0.15, -0.1) is 0 Å². The lowest BCUT2D eigenvalue weighted by Gasteiger charge is -2.20. The van der Waals surface area contributed by atoms with Crippen LogP contribution in [0.4, 0.5) is 10.2 Å². The number of hydrogen-bond donors (Lipinski definition) is 2. The van der Waals surface area contributed by atoms with Gasteiger partial charge in [0.15, 0.2) is 5.82 Å². The monoisotopic (exact) mass is 288 g/mol. The second-order valence-electron chi connectivity index (χ2n) is 5.87. The summed E-state index contributed by atoms with van der Waals surface area (Å²) in [6, 6.07) is 5.04. The van der Waals surface area contributed by atoms with Crippen molar-refractivity contribution >= 4 is 5.82 Å². The number of rotatable bonds is 2. The van der Waals surface area contributed by atoms with E-state index in [1.165, 1.54) is 30.0 Å². The number of anilines is 1. The quantitative estimate of drug-likeness (QED) is 0.833.